The second-order valence-corrected chi connectivity index (χ2v) is 6.27. The summed E-state index contributed by atoms with van der Waals surface area (Å²) >= 11 is 0. The van der Waals surface area contributed by atoms with Crippen LogP contribution in [0, 0.1) is 11.8 Å². The number of hydrogen-bond donors (Lipinski definition) is 1. The summed E-state index contributed by atoms with van der Waals surface area (Å²) in [5, 5.41) is 0. The minimum Gasteiger partial charge on any atom is -0.341 e. The molecule has 1 aliphatic heterocycles. The lowest BCUT2D eigenvalue weighted by Gasteiger charge is -2.42. The van der Waals surface area contributed by atoms with Crippen molar-refractivity contribution >= 4 is 5.91 Å². The molecule has 1 heterocycles. The fourth-order valence-corrected chi connectivity index (χ4v) is 3.80. The zero-order chi connectivity index (χ0) is 13.9. The van der Waals surface area contributed by atoms with E-state index in [-0.39, 0.29) is 5.91 Å². The van der Waals surface area contributed by atoms with Crippen LogP contribution in [0.4, 0.5) is 0 Å². The smallest absolute Gasteiger partial charge is 0.244 e. The van der Waals surface area contributed by atoms with Crippen LogP contribution >= 0.6 is 0 Å². The fraction of sp³-hybridized carbons (Fsp3) is 0.588. The van der Waals surface area contributed by atoms with Crippen molar-refractivity contribution in [2.75, 3.05) is 13.1 Å². The van der Waals surface area contributed by atoms with Crippen LogP contribution in [0.2, 0.25) is 0 Å². The third kappa shape index (κ3) is 2.73. The quantitative estimate of drug-likeness (QED) is 0.899. The molecule has 108 valence electrons. The van der Waals surface area contributed by atoms with Gasteiger partial charge in [0.25, 0.3) is 0 Å². The van der Waals surface area contributed by atoms with Crippen LogP contribution < -0.4 is 5.73 Å². The molecular weight excluding hydrogens is 248 g/mol. The van der Waals surface area contributed by atoms with Crippen LogP contribution in [-0.2, 0) is 4.79 Å². The summed E-state index contributed by atoms with van der Waals surface area (Å²) < 4.78 is 0. The summed E-state index contributed by atoms with van der Waals surface area (Å²) in [5.41, 5.74) is 7.07. The van der Waals surface area contributed by atoms with Crippen LogP contribution in [-0.4, -0.2) is 23.9 Å². The Morgan fingerprint density at radius 3 is 2.55 bits per heavy atom. The number of nitrogens with two attached hydrogens (primary N) is 1. The van der Waals surface area contributed by atoms with Gasteiger partial charge >= 0.3 is 0 Å². The van der Waals surface area contributed by atoms with E-state index in [9.17, 15) is 4.79 Å². The van der Waals surface area contributed by atoms with Crippen molar-refractivity contribution in [3.8, 4) is 0 Å². The van der Waals surface area contributed by atoms with Gasteiger partial charge in [-0.25, -0.2) is 0 Å². The van der Waals surface area contributed by atoms with Crippen LogP contribution in [0.1, 0.15) is 43.7 Å². The molecule has 20 heavy (non-hydrogen) atoms. The molecule has 2 fully saturated rings. The van der Waals surface area contributed by atoms with Crippen LogP contribution in [0.5, 0.6) is 0 Å². The van der Waals surface area contributed by atoms with Gasteiger partial charge in [0, 0.05) is 13.1 Å². The van der Waals surface area contributed by atoms with E-state index in [1.165, 1.54) is 25.7 Å². The van der Waals surface area contributed by atoms with Crippen molar-refractivity contribution in [3.05, 3.63) is 35.9 Å². The molecular formula is C17H24N2O. The molecule has 0 aromatic heterocycles. The van der Waals surface area contributed by atoms with E-state index in [1.807, 2.05) is 35.2 Å². The lowest BCUT2D eigenvalue weighted by Crippen LogP contribution is -2.47. The van der Waals surface area contributed by atoms with Gasteiger partial charge in [0.15, 0.2) is 0 Å². The number of piperidine rings is 1. The third-order valence-electron chi connectivity index (χ3n) is 5.03. The van der Waals surface area contributed by atoms with Gasteiger partial charge in [0.1, 0.15) is 6.04 Å². The Hall–Kier alpha value is -1.35. The topological polar surface area (TPSA) is 46.3 Å². The van der Waals surface area contributed by atoms with Crippen LogP contribution in [0.25, 0.3) is 0 Å². The van der Waals surface area contributed by atoms with Crippen molar-refractivity contribution in [2.45, 2.75) is 38.1 Å². The maximum absolute atomic E-state index is 12.6. The molecule has 1 saturated heterocycles. The summed E-state index contributed by atoms with van der Waals surface area (Å²) in [6, 6.07) is 9.21. The molecule has 2 aliphatic rings. The van der Waals surface area contributed by atoms with Gasteiger partial charge in [-0.05, 0) is 30.2 Å². The van der Waals surface area contributed by atoms with Gasteiger partial charge in [-0.3, -0.25) is 4.79 Å². The number of amides is 1. The summed E-state index contributed by atoms with van der Waals surface area (Å²) in [7, 11) is 0. The zero-order valence-electron chi connectivity index (χ0n) is 12.0. The van der Waals surface area contributed by atoms with E-state index < -0.39 is 6.04 Å². The molecule has 3 unspecified atom stereocenters. The van der Waals surface area contributed by atoms with Crippen LogP contribution in [0.3, 0.4) is 0 Å². The van der Waals surface area contributed by atoms with E-state index >= 15 is 0 Å². The van der Waals surface area contributed by atoms with Crippen molar-refractivity contribution in [2.24, 2.45) is 17.6 Å². The number of fused-ring (bicyclic) bond motifs is 1. The van der Waals surface area contributed by atoms with Crippen LogP contribution in [0.15, 0.2) is 30.3 Å². The molecule has 0 radical (unpaired) electrons. The summed E-state index contributed by atoms with van der Waals surface area (Å²) in [6.45, 7) is 1.81. The number of hydrogen-bond acceptors (Lipinski definition) is 2. The second-order valence-electron chi connectivity index (χ2n) is 6.27. The summed E-state index contributed by atoms with van der Waals surface area (Å²) in [5.74, 6) is 1.66. The number of benzene rings is 1. The van der Waals surface area contributed by atoms with E-state index in [4.69, 9.17) is 5.73 Å². The SMILES string of the molecule is NC(C(=O)N1CCC2CCCCC2C1)c1ccccc1. The number of likely N-dealkylation sites (tertiary alicyclic amines) is 1. The van der Waals surface area contributed by atoms with Gasteiger partial charge < -0.3 is 10.6 Å². The van der Waals surface area contributed by atoms with E-state index in [1.54, 1.807) is 0 Å². The monoisotopic (exact) mass is 272 g/mol. The number of carbonyl (C=O) groups is 1. The van der Waals surface area contributed by atoms with Crippen molar-refractivity contribution in [1.29, 1.82) is 0 Å². The van der Waals surface area contributed by atoms with E-state index in [0.717, 1.165) is 31.0 Å². The summed E-state index contributed by atoms with van der Waals surface area (Å²) in [6.07, 6.45) is 6.51. The molecule has 1 aromatic rings. The molecule has 0 spiro atoms. The highest BCUT2D eigenvalue weighted by Crippen LogP contribution is 2.36. The Labute approximate surface area is 121 Å². The zero-order valence-corrected chi connectivity index (χ0v) is 12.0. The standard InChI is InChI=1S/C17H24N2O/c18-16(14-7-2-1-3-8-14)17(20)19-11-10-13-6-4-5-9-15(13)12-19/h1-3,7-8,13,15-16H,4-6,9-12,18H2. The van der Waals surface area contributed by atoms with Gasteiger partial charge in [-0.15, -0.1) is 0 Å². The molecule has 0 bridgehead atoms. The third-order valence-corrected chi connectivity index (χ3v) is 5.03. The lowest BCUT2D eigenvalue weighted by molar-refractivity contribution is -0.135. The fourth-order valence-electron chi connectivity index (χ4n) is 3.80. The maximum Gasteiger partial charge on any atom is 0.244 e. The first-order valence-electron chi connectivity index (χ1n) is 7.85. The van der Waals surface area contributed by atoms with E-state index in [2.05, 4.69) is 0 Å². The Morgan fingerprint density at radius 2 is 1.80 bits per heavy atom. The van der Waals surface area contributed by atoms with Gasteiger partial charge in [-0.1, -0.05) is 49.6 Å². The summed E-state index contributed by atoms with van der Waals surface area (Å²) in [4.78, 5) is 14.6. The average molecular weight is 272 g/mol. The average Bonchev–Trinajstić information content (AvgIpc) is 2.54. The first kappa shape index (κ1) is 13.6. The Kier molecular flexibility index (Phi) is 4.06. The van der Waals surface area contributed by atoms with Gasteiger partial charge in [0.2, 0.25) is 5.91 Å². The molecule has 1 aromatic carbocycles. The predicted molar refractivity (Wildman–Crippen MR) is 80.0 cm³/mol. The largest absolute Gasteiger partial charge is 0.341 e. The highest BCUT2D eigenvalue weighted by Gasteiger charge is 2.34. The molecule has 1 amide bonds. The van der Waals surface area contributed by atoms with Crippen molar-refractivity contribution in [3.63, 3.8) is 0 Å². The molecule has 1 aliphatic carbocycles. The first-order chi connectivity index (χ1) is 9.75. The lowest BCUT2D eigenvalue weighted by atomic mass is 9.75. The maximum atomic E-state index is 12.6. The second kappa shape index (κ2) is 5.96. The molecule has 2 N–H and O–H groups in total. The first-order valence-corrected chi connectivity index (χ1v) is 7.85. The molecule has 1 saturated carbocycles. The van der Waals surface area contributed by atoms with Crippen molar-refractivity contribution in [1.82, 2.24) is 4.90 Å². The molecule has 3 atom stereocenters. The minimum atomic E-state index is -0.503. The normalized spacial score (nSPS) is 27.8. The molecule has 3 rings (SSSR count). The highest BCUT2D eigenvalue weighted by molar-refractivity contribution is 5.83. The van der Waals surface area contributed by atoms with Gasteiger partial charge in [-0.2, -0.15) is 0 Å². The number of nitrogens with zero attached hydrogens (tertiary/aromatic N) is 1. The van der Waals surface area contributed by atoms with E-state index in [0.29, 0.717) is 5.92 Å². The number of carbonyl (C=O) groups excluding carboxylic acids is 1. The Bertz CT molecular complexity index is 459. The minimum absolute atomic E-state index is 0.0974. The highest BCUT2D eigenvalue weighted by atomic mass is 16.2. The Morgan fingerprint density at radius 1 is 1.10 bits per heavy atom. The molecule has 3 nitrogen and oxygen atoms in total. The number of rotatable bonds is 2. The Balaban J connectivity index is 1.65. The predicted octanol–water partition coefficient (Wildman–Crippen LogP) is 2.73. The molecule has 3 heteroatoms. The van der Waals surface area contributed by atoms with Crippen molar-refractivity contribution < 1.29 is 4.79 Å². The van der Waals surface area contributed by atoms with Gasteiger partial charge in [0.05, 0.1) is 0 Å².